The Hall–Kier alpha value is -1.55. The highest BCUT2D eigenvalue weighted by molar-refractivity contribution is 9.10. The summed E-state index contributed by atoms with van der Waals surface area (Å²) in [5.74, 6) is -0.0861. The number of hydrogen-bond donors (Lipinski definition) is 1. The van der Waals surface area contributed by atoms with Crippen LogP contribution in [0.1, 0.15) is 29.3 Å². The smallest absolute Gasteiger partial charge is 0.254 e. The molecule has 0 aliphatic carbocycles. The zero-order valence-electron chi connectivity index (χ0n) is 10.7. The van der Waals surface area contributed by atoms with Crippen molar-refractivity contribution in [3.05, 3.63) is 58.5 Å². The van der Waals surface area contributed by atoms with E-state index in [1.165, 1.54) is 18.1 Å². The molecule has 0 aliphatic rings. The Balaban J connectivity index is 1.80. The highest BCUT2D eigenvalue weighted by Crippen LogP contribution is 2.12. The molecule has 1 aromatic carbocycles. The predicted molar refractivity (Wildman–Crippen MR) is 78.1 cm³/mol. The molecule has 2 aromatic rings. The van der Waals surface area contributed by atoms with Crippen LogP contribution < -0.4 is 5.32 Å². The van der Waals surface area contributed by atoms with Crippen LogP contribution in [0.15, 0.2) is 51.7 Å². The van der Waals surface area contributed by atoms with Gasteiger partial charge in [0, 0.05) is 10.5 Å². The van der Waals surface area contributed by atoms with Crippen molar-refractivity contribution in [2.75, 3.05) is 0 Å². The van der Waals surface area contributed by atoms with Crippen molar-refractivity contribution in [2.24, 2.45) is 0 Å². The van der Waals surface area contributed by atoms with Gasteiger partial charge >= 0.3 is 0 Å². The number of aryl methyl sites for hydroxylation is 1. The standard InChI is InChI=1S/C15H16BrNO2/c1-11(17-15(18)13-8-9-19-10-13)2-3-12-4-6-14(16)7-5-12/h4-11H,2-3H2,1H3,(H,17,18). The number of halogens is 1. The molecule has 100 valence electrons. The minimum Gasteiger partial charge on any atom is -0.472 e. The molecule has 1 unspecified atom stereocenters. The Morgan fingerprint density at radius 3 is 2.68 bits per heavy atom. The first-order valence-corrected chi connectivity index (χ1v) is 7.02. The molecular weight excluding hydrogens is 306 g/mol. The minimum atomic E-state index is -0.0861. The maximum atomic E-state index is 11.8. The number of furan rings is 1. The molecular formula is C15H16BrNO2. The van der Waals surface area contributed by atoms with E-state index in [1.807, 2.05) is 19.1 Å². The van der Waals surface area contributed by atoms with E-state index in [4.69, 9.17) is 4.42 Å². The summed E-state index contributed by atoms with van der Waals surface area (Å²) in [7, 11) is 0. The topological polar surface area (TPSA) is 42.2 Å². The van der Waals surface area contributed by atoms with E-state index in [9.17, 15) is 4.79 Å². The van der Waals surface area contributed by atoms with Gasteiger partial charge in [-0.15, -0.1) is 0 Å². The zero-order chi connectivity index (χ0) is 13.7. The number of rotatable bonds is 5. The Morgan fingerprint density at radius 2 is 2.05 bits per heavy atom. The molecule has 19 heavy (non-hydrogen) atoms. The fraction of sp³-hybridized carbons (Fsp3) is 0.267. The van der Waals surface area contributed by atoms with Crippen LogP contribution in [-0.2, 0) is 6.42 Å². The molecule has 0 aliphatic heterocycles. The Kier molecular flexibility index (Phi) is 4.80. The van der Waals surface area contributed by atoms with Gasteiger partial charge in [-0.1, -0.05) is 28.1 Å². The normalized spacial score (nSPS) is 12.1. The second-order valence-corrected chi connectivity index (χ2v) is 5.47. The highest BCUT2D eigenvalue weighted by Gasteiger charge is 2.10. The van der Waals surface area contributed by atoms with E-state index < -0.39 is 0 Å². The van der Waals surface area contributed by atoms with Crippen molar-refractivity contribution in [3.8, 4) is 0 Å². The maximum absolute atomic E-state index is 11.8. The van der Waals surface area contributed by atoms with Gasteiger partial charge in [-0.3, -0.25) is 4.79 Å². The molecule has 4 heteroatoms. The number of benzene rings is 1. The SMILES string of the molecule is CC(CCc1ccc(Br)cc1)NC(=O)c1ccoc1. The summed E-state index contributed by atoms with van der Waals surface area (Å²) in [6.45, 7) is 2.01. The number of hydrogen-bond acceptors (Lipinski definition) is 2. The van der Waals surface area contributed by atoms with E-state index in [2.05, 4.69) is 33.4 Å². The number of carbonyl (C=O) groups is 1. The molecule has 1 atom stereocenters. The third kappa shape index (κ3) is 4.24. The van der Waals surface area contributed by atoms with Crippen LogP contribution in [-0.4, -0.2) is 11.9 Å². The lowest BCUT2D eigenvalue weighted by Gasteiger charge is -2.13. The van der Waals surface area contributed by atoms with Crippen LogP contribution in [0.3, 0.4) is 0 Å². The summed E-state index contributed by atoms with van der Waals surface area (Å²) < 4.78 is 5.97. The molecule has 1 amide bonds. The molecule has 2 rings (SSSR count). The molecule has 0 fully saturated rings. The third-order valence-corrected chi connectivity index (χ3v) is 3.47. The summed E-state index contributed by atoms with van der Waals surface area (Å²) in [5, 5.41) is 2.96. The second-order valence-electron chi connectivity index (χ2n) is 4.55. The lowest BCUT2D eigenvalue weighted by Crippen LogP contribution is -2.32. The van der Waals surface area contributed by atoms with Crippen LogP contribution in [0.2, 0.25) is 0 Å². The first kappa shape index (κ1) is 13.9. The molecule has 1 heterocycles. The lowest BCUT2D eigenvalue weighted by atomic mass is 10.1. The average molecular weight is 322 g/mol. The molecule has 3 nitrogen and oxygen atoms in total. The van der Waals surface area contributed by atoms with Crippen LogP contribution in [0.4, 0.5) is 0 Å². The molecule has 1 N–H and O–H groups in total. The van der Waals surface area contributed by atoms with Gasteiger partial charge < -0.3 is 9.73 Å². The van der Waals surface area contributed by atoms with Crippen LogP contribution in [0, 0.1) is 0 Å². The van der Waals surface area contributed by atoms with Crippen molar-refractivity contribution >= 4 is 21.8 Å². The van der Waals surface area contributed by atoms with Gasteiger partial charge in [-0.2, -0.15) is 0 Å². The largest absolute Gasteiger partial charge is 0.472 e. The van der Waals surface area contributed by atoms with Crippen molar-refractivity contribution in [2.45, 2.75) is 25.8 Å². The van der Waals surface area contributed by atoms with Gasteiger partial charge in [-0.25, -0.2) is 0 Å². The van der Waals surface area contributed by atoms with Gasteiger partial charge in [0.15, 0.2) is 0 Å². The van der Waals surface area contributed by atoms with Gasteiger partial charge in [0.05, 0.1) is 11.8 Å². The lowest BCUT2D eigenvalue weighted by molar-refractivity contribution is 0.0938. The van der Waals surface area contributed by atoms with E-state index >= 15 is 0 Å². The number of nitrogens with one attached hydrogen (secondary N) is 1. The molecule has 0 spiro atoms. The average Bonchev–Trinajstić information content (AvgIpc) is 2.92. The Labute approximate surface area is 121 Å². The van der Waals surface area contributed by atoms with Gasteiger partial charge in [0.1, 0.15) is 6.26 Å². The van der Waals surface area contributed by atoms with Crippen molar-refractivity contribution < 1.29 is 9.21 Å². The quantitative estimate of drug-likeness (QED) is 0.910. The second kappa shape index (κ2) is 6.57. The minimum absolute atomic E-state index is 0.0861. The van der Waals surface area contributed by atoms with Crippen molar-refractivity contribution in [3.63, 3.8) is 0 Å². The number of amides is 1. The van der Waals surface area contributed by atoms with Crippen LogP contribution in [0.25, 0.3) is 0 Å². The molecule has 0 bridgehead atoms. The van der Waals surface area contributed by atoms with Crippen LogP contribution in [0.5, 0.6) is 0 Å². The van der Waals surface area contributed by atoms with Gasteiger partial charge in [0.2, 0.25) is 0 Å². The van der Waals surface area contributed by atoms with Crippen molar-refractivity contribution in [1.29, 1.82) is 0 Å². The molecule has 0 radical (unpaired) electrons. The summed E-state index contributed by atoms with van der Waals surface area (Å²) >= 11 is 3.41. The summed E-state index contributed by atoms with van der Waals surface area (Å²) in [6.07, 6.45) is 4.81. The maximum Gasteiger partial charge on any atom is 0.254 e. The number of carbonyl (C=O) groups excluding carboxylic acids is 1. The molecule has 1 aromatic heterocycles. The summed E-state index contributed by atoms with van der Waals surface area (Å²) in [6, 6.07) is 10.0. The van der Waals surface area contributed by atoms with Crippen LogP contribution >= 0.6 is 15.9 Å². The Bertz CT molecular complexity index is 520. The van der Waals surface area contributed by atoms with E-state index in [0.717, 1.165) is 17.3 Å². The van der Waals surface area contributed by atoms with E-state index in [-0.39, 0.29) is 11.9 Å². The first-order valence-electron chi connectivity index (χ1n) is 6.22. The monoisotopic (exact) mass is 321 g/mol. The van der Waals surface area contributed by atoms with E-state index in [1.54, 1.807) is 6.07 Å². The van der Waals surface area contributed by atoms with E-state index in [0.29, 0.717) is 5.56 Å². The summed E-state index contributed by atoms with van der Waals surface area (Å²) in [5.41, 5.74) is 1.84. The molecule has 0 saturated heterocycles. The Morgan fingerprint density at radius 1 is 1.32 bits per heavy atom. The van der Waals surface area contributed by atoms with Gasteiger partial charge in [0.25, 0.3) is 5.91 Å². The third-order valence-electron chi connectivity index (χ3n) is 2.94. The molecule has 0 saturated carbocycles. The van der Waals surface area contributed by atoms with Crippen molar-refractivity contribution in [1.82, 2.24) is 5.32 Å². The highest BCUT2D eigenvalue weighted by atomic mass is 79.9. The van der Waals surface area contributed by atoms with Gasteiger partial charge in [-0.05, 0) is 43.5 Å². The fourth-order valence-corrected chi connectivity index (χ4v) is 2.07. The zero-order valence-corrected chi connectivity index (χ0v) is 12.3. The first-order chi connectivity index (χ1) is 9.15. The summed E-state index contributed by atoms with van der Waals surface area (Å²) in [4.78, 5) is 11.8. The predicted octanol–water partition coefficient (Wildman–Crippen LogP) is 3.79. The fourth-order valence-electron chi connectivity index (χ4n) is 1.81.